The maximum absolute atomic E-state index is 11.9. The highest BCUT2D eigenvalue weighted by Crippen LogP contribution is 2.29. The SMILES string of the molecule is CCC(=O)COC(=O)CCN(CC)c1ccc(N=Nc2ccc([N+](=O)[O-])cc2C#N)c(C)c1. The van der Waals surface area contributed by atoms with E-state index in [-0.39, 0.29) is 35.7 Å². The fraction of sp³-hybridized carbons (Fsp3) is 0.348. The molecule has 0 aliphatic rings. The summed E-state index contributed by atoms with van der Waals surface area (Å²) in [6.45, 7) is 6.45. The summed E-state index contributed by atoms with van der Waals surface area (Å²) in [6.07, 6.45) is 0.488. The number of benzene rings is 2. The Morgan fingerprint density at radius 3 is 2.45 bits per heavy atom. The first-order chi connectivity index (χ1) is 15.8. The Morgan fingerprint density at radius 1 is 1.15 bits per heavy atom. The number of nitriles is 1. The summed E-state index contributed by atoms with van der Waals surface area (Å²) < 4.78 is 4.98. The highest BCUT2D eigenvalue weighted by atomic mass is 16.6. The maximum Gasteiger partial charge on any atom is 0.308 e. The second kappa shape index (κ2) is 12.0. The fourth-order valence-electron chi connectivity index (χ4n) is 2.90. The van der Waals surface area contributed by atoms with Crippen molar-refractivity contribution in [2.45, 2.75) is 33.6 Å². The van der Waals surface area contributed by atoms with Crippen molar-refractivity contribution in [2.75, 3.05) is 24.6 Å². The molecular formula is C23H25N5O5. The molecule has 10 heteroatoms. The molecule has 0 saturated heterocycles. The van der Waals surface area contributed by atoms with Crippen LogP contribution in [-0.2, 0) is 14.3 Å². The molecule has 0 aliphatic heterocycles. The third-order valence-electron chi connectivity index (χ3n) is 4.88. The Labute approximate surface area is 191 Å². The summed E-state index contributed by atoms with van der Waals surface area (Å²) >= 11 is 0. The molecule has 172 valence electrons. The van der Waals surface area contributed by atoms with E-state index < -0.39 is 10.9 Å². The highest BCUT2D eigenvalue weighted by Gasteiger charge is 2.13. The molecule has 33 heavy (non-hydrogen) atoms. The number of azo groups is 1. The topological polar surface area (TPSA) is 138 Å². The molecule has 0 fully saturated rings. The number of nitrogens with zero attached hydrogens (tertiary/aromatic N) is 5. The number of carbonyl (C=O) groups excluding carboxylic acids is 2. The van der Waals surface area contributed by atoms with Crippen LogP contribution in [0.3, 0.4) is 0 Å². The van der Waals surface area contributed by atoms with E-state index in [1.807, 2.05) is 36.9 Å². The van der Waals surface area contributed by atoms with Crippen LogP contribution >= 0.6 is 0 Å². The van der Waals surface area contributed by atoms with Gasteiger partial charge in [0, 0.05) is 37.3 Å². The number of anilines is 1. The van der Waals surface area contributed by atoms with Gasteiger partial charge in [0.15, 0.2) is 5.78 Å². The predicted molar refractivity (Wildman–Crippen MR) is 122 cm³/mol. The van der Waals surface area contributed by atoms with Gasteiger partial charge in [-0.05, 0) is 43.7 Å². The molecule has 0 heterocycles. The highest BCUT2D eigenvalue weighted by molar-refractivity contribution is 5.82. The number of Topliss-reactive ketones (excluding diaryl/α,β-unsaturated/α-hetero) is 1. The second-order valence-electron chi connectivity index (χ2n) is 7.12. The Kier molecular flexibility index (Phi) is 9.17. The number of hydrogen-bond acceptors (Lipinski definition) is 9. The zero-order valence-electron chi connectivity index (χ0n) is 18.8. The minimum Gasteiger partial charge on any atom is -0.458 e. The van der Waals surface area contributed by atoms with E-state index >= 15 is 0 Å². The summed E-state index contributed by atoms with van der Waals surface area (Å²) in [5.74, 6) is -0.541. The average Bonchev–Trinajstić information content (AvgIpc) is 2.82. The average molecular weight is 451 g/mol. The molecular weight excluding hydrogens is 426 g/mol. The molecule has 0 bridgehead atoms. The minimum atomic E-state index is -0.575. The lowest BCUT2D eigenvalue weighted by Crippen LogP contribution is -2.27. The summed E-state index contributed by atoms with van der Waals surface area (Å²) in [4.78, 5) is 35.5. The Hall–Kier alpha value is -4.13. The van der Waals surface area contributed by atoms with Gasteiger partial charge in [0.2, 0.25) is 0 Å². The van der Waals surface area contributed by atoms with Gasteiger partial charge < -0.3 is 9.64 Å². The number of non-ortho nitro benzene ring substituents is 1. The third kappa shape index (κ3) is 7.21. The van der Waals surface area contributed by atoms with Gasteiger partial charge in [-0.3, -0.25) is 19.7 Å². The zero-order chi connectivity index (χ0) is 24.4. The van der Waals surface area contributed by atoms with Crippen LogP contribution in [0.4, 0.5) is 22.7 Å². The van der Waals surface area contributed by atoms with Crippen molar-refractivity contribution >= 4 is 34.5 Å². The van der Waals surface area contributed by atoms with Gasteiger partial charge >= 0.3 is 5.97 Å². The van der Waals surface area contributed by atoms with E-state index in [4.69, 9.17) is 4.74 Å². The van der Waals surface area contributed by atoms with Crippen LogP contribution < -0.4 is 4.90 Å². The van der Waals surface area contributed by atoms with Crippen molar-refractivity contribution in [1.29, 1.82) is 5.26 Å². The van der Waals surface area contributed by atoms with Crippen molar-refractivity contribution in [3.8, 4) is 6.07 Å². The summed E-state index contributed by atoms with van der Waals surface area (Å²) in [6, 6.07) is 11.2. The van der Waals surface area contributed by atoms with Gasteiger partial charge in [-0.15, -0.1) is 5.11 Å². The van der Waals surface area contributed by atoms with Crippen molar-refractivity contribution < 1.29 is 19.2 Å². The van der Waals surface area contributed by atoms with Gasteiger partial charge in [0.1, 0.15) is 18.4 Å². The van der Waals surface area contributed by atoms with E-state index in [1.165, 1.54) is 12.1 Å². The number of ketones is 1. The van der Waals surface area contributed by atoms with Gasteiger partial charge in [-0.25, -0.2) is 0 Å². The number of nitro groups is 1. The lowest BCUT2D eigenvalue weighted by atomic mass is 10.1. The molecule has 0 unspecified atom stereocenters. The van der Waals surface area contributed by atoms with Crippen LogP contribution in [0.2, 0.25) is 0 Å². The maximum atomic E-state index is 11.9. The predicted octanol–water partition coefficient (Wildman–Crippen LogP) is 4.93. The quantitative estimate of drug-likeness (QED) is 0.204. The number of carbonyl (C=O) groups is 2. The molecule has 0 N–H and O–H groups in total. The van der Waals surface area contributed by atoms with E-state index in [0.29, 0.717) is 25.2 Å². The van der Waals surface area contributed by atoms with Gasteiger partial charge in [-0.1, -0.05) is 6.92 Å². The van der Waals surface area contributed by atoms with Gasteiger partial charge in [-0.2, -0.15) is 10.4 Å². The monoisotopic (exact) mass is 451 g/mol. The molecule has 10 nitrogen and oxygen atoms in total. The number of nitro benzene ring substituents is 1. The lowest BCUT2D eigenvalue weighted by molar-refractivity contribution is -0.384. The van der Waals surface area contributed by atoms with E-state index in [0.717, 1.165) is 17.3 Å². The molecule has 2 rings (SSSR count). The van der Waals surface area contributed by atoms with E-state index in [9.17, 15) is 25.0 Å². The van der Waals surface area contributed by atoms with Crippen LogP contribution in [0.1, 0.15) is 37.8 Å². The van der Waals surface area contributed by atoms with Crippen LogP contribution in [0.15, 0.2) is 46.6 Å². The van der Waals surface area contributed by atoms with Crippen LogP contribution in [0.5, 0.6) is 0 Å². The first-order valence-corrected chi connectivity index (χ1v) is 10.4. The number of esters is 1. The molecule has 0 radical (unpaired) electrons. The Bertz CT molecular complexity index is 1110. The lowest BCUT2D eigenvalue weighted by Gasteiger charge is -2.23. The molecule has 0 amide bonds. The largest absolute Gasteiger partial charge is 0.458 e. The molecule has 0 spiro atoms. The summed E-state index contributed by atoms with van der Waals surface area (Å²) in [7, 11) is 0. The molecule has 0 saturated carbocycles. The molecule has 0 aliphatic carbocycles. The standard InChI is InChI=1S/C23H25N5O5/c1-4-20(29)15-33-23(30)10-11-27(5-2)18-6-8-21(16(3)12-18)25-26-22-9-7-19(28(31)32)13-17(22)14-24/h6-9,12-13H,4-5,10-11,15H2,1-3H3. The second-order valence-corrected chi connectivity index (χ2v) is 7.12. The minimum absolute atomic E-state index is 0.0619. The van der Waals surface area contributed by atoms with Crippen LogP contribution in [0.25, 0.3) is 0 Å². The van der Waals surface area contributed by atoms with Crippen molar-refractivity contribution in [3.05, 3.63) is 57.6 Å². The van der Waals surface area contributed by atoms with Crippen molar-refractivity contribution in [1.82, 2.24) is 0 Å². The normalized spacial score (nSPS) is 10.6. The van der Waals surface area contributed by atoms with E-state index in [2.05, 4.69) is 10.2 Å². The van der Waals surface area contributed by atoms with E-state index in [1.54, 1.807) is 13.0 Å². The first kappa shape index (κ1) is 25.1. The zero-order valence-corrected chi connectivity index (χ0v) is 18.8. The van der Waals surface area contributed by atoms with Crippen molar-refractivity contribution in [2.24, 2.45) is 10.2 Å². The van der Waals surface area contributed by atoms with Crippen LogP contribution in [-0.4, -0.2) is 36.4 Å². The number of ether oxygens (including phenoxy) is 1. The number of aryl methyl sites for hydroxylation is 1. The molecule has 2 aromatic rings. The Morgan fingerprint density at radius 2 is 1.85 bits per heavy atom. The molecule has 0 aromatic heterocycles. The third-order valence-corrected chi connectivity index (χ3v) is 4.88. The first-order valence-electron chi connectivity index (χ1n) is 10.4. The summed E-state index contributed by atoms with van der Waals surface area (Å²) in [5, 5.41) is 28.4. The molecule has 0 atom stereocenters. The summed E-state index contributed by atoms with van der Waals surface area (Å²) in [5.41, 5.74) is 2.40. The fourth-order valence-corrected chi connectivity index (χ4v) is 2.90. The number of rotatable bonds is 11. The smallest absolute Gasteiger partial charge is 0.308 e. The van der Waals surface area contributed by atoms with Gasteiger partial charge in [0.25, 0.3) is 5.69 Å². The number of hydrogen-bond donors (Lipinski definition) is 0. The van der Waals surface area contributed by atoms with Crippen molar-refractivity contribution in [3.63, 3.8) is 0 Å². The Balaban J connectivity index is 2.09. The molecule has 2 aromatic carbocycles. The van der Waals surface area contributed by atoms with Gasteiger partial charge in [0.05, 0.1) is 22.6 Å². The van der Waals surface area contributed by atoms with Crippen LogP contribution in [0, 0.1) is 28.4 Å².